The molecular weight excluding hydrogens is 433 g/mol. The van der Waals surface area contributed by atoms with E-state index >= 15 is 0 Å². The highest BCUT2D eigenvalue weighted by atomic mass is 32.2. The molecule has 11 heteroatoms. The average molecular weight is 456 g/mol. The fourth-order valence-corrected chi connectivity index (χ4v) is 4.39. The van der Waals surface area contributed by atoms with Gasteiger partial charge in [0.05, 0.1) is 10.5 Å². The zero-order valence-electron chi connectivity index (χ0n) is 17.1. The smallest absolute Gasteiger partial charge is 0.353 e. The Morgan fingerprint density at radius 3 is 2.35 bits per heavy atom. The number of piperazine rings is 1. The number of benzene rings is 1. The second-order valence-electron chi connectivity index (χ2n) is 7.16. The molecule has 0 atom stereocenters. The number of carbonyl (C=O) groups excluding carboxylic acids is 1. The highest BCUT2D eigenvalue weighted by molar-refractivity contribution is 7.89. The van der Waals surface area contributed by atoms with Gasteiger partial charge >= 0.3 is 6.18 Å². The van der Waals surface area contributed by atoms with Crippen LogP contribution in [-0.4, -0.2) is 56.9 Å². The lowest BCUT2D eigenvalue weighted by molar-refractivity contribution is -0.137. The van der Waals surface area contributed by atoms with Crippen molar-refractivity contribution >= 4 is 21.7 Å². The first kappa shape index (κ1) is 23.0. The van der Waals surface area contributed by atoms with Crippen LogP contribution in [0.2, 0.25) is 0 Å². The summed E-state index contributed by atoms with van der Waals surface area (Å²) in [6.07, 6.45) is -3.64. The fraction of sp³-hybridized carbons (Fsp3) is 0.400. The number of nitrogens with zero attached hydrogens (tertiary/aromatic N) is 3. The summed E-state index contributed by atoms with van der Waals surface area (Å²) in [6.45, 7) is 5.12. The van der Waals surface area contributed by atoms with Gasteiger partial charge in [0.25, 0.3) is 5.91 Å². The van der Waals surface area contributed by atoms with Gasteiger partial charge in [-0.1, -0.05) is 13.0 Å². The topological polar surface area (TPSA) is 82.6 Å². The van der Waals surface area contributed by atoms with Crippen LogP contribution in [0.1, 0.15) is 28.4 Å². The Bertz CT molecular complexity index is 1050. The third-order valence-electron chi connectivity index (χ3n) is 5.05. The van der Waals surface area contributed by atoms with Crippen molar-refractivity contribution in [3.8, 4) is 0 Å². The highest BCUT2D eigenvalue weighted by Gasteiger charge is 2.31. The minimum Gasteiger partial charge on any atom is -0.353 e. The number of aryl methyl sites for hydroxylation is 1. The molecular formula is C20H23F3N4O3S. The lowest BCUT2D eigenvalue weighted by Crippen LogP contribution is -2.49. The van der Waals surface area contributed by atoms with Gasteiger partial charge in [-0.15, -0.1) is 0 Å². The first-order valence-corrected chi connectivity index (χ1v) is 11.2. The summed E-state index contributed by atoms with van der Waals surface area (Å²) in [4.78, 5) is 20.3. The Balaban J connectivity index is 1.71. The molecule has 1 amide bonds. The summed E-state index contributed by atoms with van der Waals surface area (Å²) in [7, 11) is -3.69. The molecule has 1 aromatic carbocycles. The van der Waals surface area contributed by atoms with E-state index in [4.69, 9.17) is 0 Å². The largest absolute Gasteiger partial charge is 0.417 e. The van der Waals surface area contributed by atoms with E-state index in [1.165, 1.54) is 18.2 Å². The number of rotatable bonds is 5. The number of sulfonamides is 1. The van der Waals surface area contributed by atoms with Crippen molar-refractivity contribution < 1.29 is 26.4 Å². The Kier molecular flexibility index (Phi) is 6.56. The van der Waals surface area contributed by atoms with Crippen LogP contribution in [0.25, 0.3) is 0 Å². The van der Waals surface area contributed by atoms with E-state index in [2.05, 4.69) is 9.71 Å². The van der Waals surface area contributed by atoms with Crippen LogP contribution in [0, 0.1) is 6.92 Å². The van der Waals surface area contributed by atoms with Crippen LogP contribution in [0.15, 0.2) is 41.4 Å². The Labute approximate surface area is 178 Å². The maximum absolute atomic E-state index is 13.0. The van der Waals surface area contributed by atoms with Crippen LogP contribution in [0.4, 0.5) is 19.0 Å². The third kappa shape index (κ3) is 5.16. The predicted molar refractivity (Wildman–Crippen MR) is 109 cm³/mol. The number of pyridine rings is 1. The molecule has 0 spiro atoms. The molecule has 1 aliphatic heterocycles. The summed E-state index contributed by atoms with van der Waals surface area (Å²) in [6, 6.07) is 6.73. The number of alkyl halides is 3. The minimum absolute atomic E-state index is 0.0240. The van der Waals surface area contributed by atoms with Crippen molar-refractivity contribution in [2.24, 2.45) is 0 Å². The molecule has 3 rings (SSSR count). The van der Waals surface area contributed by atoms with E-state index in [-0.39, 0.29) is 17.3 Å². The molecule has 1 aromatic heterocycles. The third-order valence-corrected chi connectivity index (χ3v) is 6.59. The molecule has 2 heterocycles. The van der Waals surface area contributed by atoms with E-state index < -0.39 is 21.8 Å². The van der Waals surface area contributed by atoms with Gasteiger partial charge in [0, 0.05) is 44.5 Å². The molecule has 0 bridgehead atoms. The van der Waals surface area contributed by atoms with E-state index in [0.717, 1.165) is 12.3 Å². The van der Waals surface area contributed by atoms with Gasteiger partial charge < -0.3 is 9.80 Å². The molecule has 2 aromatic rings. The lowest BCUT2D eigenvalue weighted by atomic mass is 10.1. The molecule has 1 N–H and O–H groups in total. The number of hydrogen-bond acceptors (Lipinski definition) is 5. The fourth-order valence-electron chi connectivity index (χ4n) is 3.32. The van der Waals surface area contributed by atoms with Gasteiger partial charge in [0.1, 0.15) is 5.82 Å². The van der Waals surface area contributed by atoms with Crippen LogP contribution in [-0.2, 0) is 16.2 Å². The molecule has 0 saturated carbocycles. The van der Waals surface area contributed by atoms with Gasteiger partial charge in [0.15, 0.2) is 0 Å². The van der Waals surface area contributed by atoms with Gasteiger partial charge in [-0.05, 0) is 36.8 Å². The van der Waals surface area contributed by atoms with Crippen LogP contribution < -0.4 is 9.62 Å². The van der Waals surface area contributed by atoms with E-state index in [0.29, 0.717) is 43.1 Å². The van der Waals surface area contributed by atoms with Crippen molar-refractivity contribution in [3.05, 3.63) is 53.2 Å². The Morgan fingerprint density at radius 2 is 1.81 bits per heavy atom. The van der Waals surface area contributed by atoms with Gasteiger partial charge in [-0.25, -0.2) is 18.1 Å². The maximum Gasteiger partial charge on any atom is 0.417 e. The number of nitrogens with one attached hydrogen (secondary N) is 1. The van der Waals surface area contributed by atoms with Crippen molar-refractivity contribution in [1.82, 2.24) is 14.6 Å². The summed E-state index contributed by atoms with van der Waals surface area (Å²) >= 11 is 0. The SMILES string of the molecule is CCNS(=O)(=O)c1ccc(C)c(C(=O)N2CCN(c3ccc(C(F)(F)F)cn3)CC2)c1. The first-order chi connectivity index (χ1) is 14.5. The second-order valence-corrected chi connectivity index (χ2v) is 8.93. The van der Waals surface area contributed by atoms with Gasteiger partial charge in [-0.3, -0.25) is 4.79 Å². The number of carbonyl (C=O) groups is 1. The van der Waals surface area contributed by atoms with Crippen LogP contribution in [0.3, 0.4) is 0 Å². The highest BCUT2D eigenvalue weighted by Crippen LogP contribution is 2.29. The van der Waals surface area contributed by atoms with Crippen molar-refractivity contribution in [2.45, 2.75) is 24.9 Å². The van der Waals surface area contributed by atoms with Crippen LogP contribution >= 0.6 is 0 Å². The molecule has 1 aliphatic rings. The van der Waals surface area contributed by atoms with Crippen molar-refractivity contribution in [1.29, 1.82) is 0 Å². The van der Waals surface area contributed by atoms with Gasteiger partial charge in [0.2, 0.25) is 10.0 Å². The quantitative estimate of drug-likeness (QED) is 0.748. The summed E-state index contributed by atoms with van der Waals surface area (Å²) < 4.78 is 65.0. The molecule has 0 unspecified atom stereocenters. The summed E-state index contributed by atoms with van der Waals surface area (Å²) in [5, 5.41) is 0. The molecule has 168 valence electrons. The van der Waals surface area contributed by atoms with Crippen molar-refractivity contribution in [3.63, 3.8) is 0 Å². The maximum atomic E-state index is 13.0. The Morgan fingerprint density at radius 1 is 1.13 bits per heavy atom. The molecule has 31 heavy (non-hydrogen) atoms. The number of amides is 1. The number of halogens is 3. The van der Waals surface area contributed by atoms with Crippen LogP contribution in [0.5, 0.6) is 0 Å². The van der Waals surface area contributed by atoms with E-state index in [1.54, 1.807) is 24.8 Å². The average Bonchev–Trinajstić information content (AvgIpc) is 2.73. The molecule has 7 nitrogen and oxygen atoms in total. The summed E-state index contributed by atoms with van der Waals surface area (Å²) in [5.74, 6) is 0.126. The van der Waals surface area contributed by atoms with Crippen molar-refractivity contribution in [2.75, 3.05) is 37.6 Å². The minimum atomic E-state index is -4.44. The number of anilines is 1. The van der Waals surface area contributed by atoms with Gasteiger partial charge in [-0.2, -0.15) is 13.2 Å². The second kappa shape index (κ2) is 8.83. The lowest BCUT2D eigenvalue weighted by Gasteiger charge is -2.35. The number of aromatic nitrogens is 1. The zero-order valence-corrected chi connectivity index (χ0v) is 17.9. The first-order valence-electron chi connectivity index (χ1n) is 9.70. The monoisotopic (exact) mass is 456 g/mol. The molecule has 0 aliphatic carbocycles. The summed E-state index contributed by atoms with van der Waals surface area (Å²) in [5.41, 5.74) is 0.153. The standard InChI is InChI=1S/C20H23F3N4O3S/c1-3-25-31(29,30)16-6-4-14(2)17(12-16)19(28)27-10-8-26(9-11-27)18-7-5-15(13-24-18)20(21,22)23/h4-7,12-13,25H,3,8-11H2,1-2H3. The van der Waals surface area contributed by atoms with E-state index in [1.807, 2.05) is 4.90 Å². The molecule has 1 fully saturated rings. The number of hydrogen-bond donors (Lipinski definition) is 1. The predicted octanol–water partition coefficient (Wildman–Crippen LogP) is 2.67. The zero-order chi connectivity index (χ0) is 22.8. The normalized spacial score (nSPS) is 15.3. The van der Waals surface area contributed by atoms with E-state index in [9.17, 15) is 26.4 Å². The molecule has 1 saturated heterocycles. The Hall–Kier alpha value is -2.66. The molecule has 0 radical (unpaired) electrons.